The lowest BCUT2D eigenvalue weighted by molar-refractivity contribution is -0.127. The highest BCUT2D eigenvalue weighted by Crippen LogP contribution is 2.27. The van der Waals surface area contributed by atoms with E-state index in [9.17, 15) is 14.0 Å². The molecule has 4 rings (SSSR count). The third-order valence-corrected chi connectivity index (χ3v) is 5.74. The minimum absolute atomic E-state index is 0.0107. The van der Waals surface area contributed by atoms with Crippen LogP contribution < -0.4 is 19.7 Å². The lowest BCUT2D eigenvalue weighted by atomic mass is 9.92. The summed E-state index contributed by atoms with van der Waals surface area (Å²) in [6.07, 6.45) is 6.40. The Bertz CT molecular complexity index is 931. The van der Waals surface area contributed by atoms with Crippen molar-refractivity contribution >= 4 is 17.5 Å². The molecule has 1 aliphatic carbocycles. The summed E-state index contributed by atoms with van der Waals surface area (Å²) in [6, 6.07) is 5.79. The van der Waals surface area contributed by atoms with E-state index in [1.807, 2.05) is 0 Å². The molecule has 1 aromatic carbocycles. The number of amides is 2. The maximum Gasteiger partial charge on any atom is 0.235 e. The number of ether oxygens (including phenoxy) is 2. The summed E-state index contributed by atoms with van der Waals surface area (Å²) in [5, 5.41) is 3.08. The molecule has 9 heteroatoms. The number of aromatic nitrogens is 2. The van der Waals surface area contributed by atoms with Crippen molar-refractivity contribution in [3.63, 3.8) is 0 Å². The first-order valence-corrected chi connectivity index (χ1v) is 10.4. The van der Waals surface area contributed by atoms with E-state index in [4.69, 9.17) is 9.47 Å². The predicted octanol–water partition coefficient (Wildman–Crippen LogP) is 2.48. The molecule has 31 heavy (non-hydrogen) atoms. The number of anilines is 1. The molecule has 1 saturated heterocycles. The number of rotatable bonds is 6. The zero-order valence-electron chi connectivity index (χ0n) is 17.3. The molecule has 0 spiro atoms. The molecule has 1 N–H and O–H groups in total. The standard InChI is InChI=1S/C22H25FN4O4/c1-30-19-11-24-12-20(26-19)31-18-8-4-16(5-9-18)25-22(29)14-10-21(28)27(13-14)17-6-2-15(23)3-7-17/h2-3,6-7,11-12,14,16,18H,4-5,8-10,13H2,1H3,(H,25,29). The van der Waals surface area contributed by atoms with Gasteiger partial charge in [-0.15, -0.1) is 0 Å². The number of hydrogen-bond acceptors (Lipinski definition) is 6. The largest absolute Gasteiger partial charge is 0.480 e. The average Bonchev–Trinajstić information content (AvgIpc) is 3.17. The van der Waals surface area contributed by atoms with E-state index in [-0.39, 0.29) is 36.2 Å². The highest BCUT2D eigenvalue weighted by atomic mass is 19.1. The van der Waals surface area contributed by atoms with Gasteiger partial charge in [-0.3, -0.25) is 14.6 Å². The zero-order chi connectivity index (χ0) is 21.8. The Kier molecular flexibility index (Phi) is 6.29. The minimum Gasteiger partial charge on any atom is -0.480 e. The van der Waals surface area contributed by atoms with Gasteiger partial charge in [-0.1, -0.05) is 0 Å². The molecule has 1 unspecified atom stereocenters. The van der Waals surface area contributed by atoms with Gasteiger partial charge >= 0.3 is 0 Å². The molecule has 2 aromatic rings. The number of carbonyl (C=O) groups is 2. The smallest absolute Gasteiger partial charge is 0.235 e. The van der Waals surface area contributed by atoms with Crippen LogP contribution in [0.1, 0.15) is 32.1 Å². The van der Waals surface area contributed by atoms with E-state index in [2.05, 4.69) is 15.3 Å². The van der Waals surface area contributed by atoms with E-state index >= 15 is 0 Å². The molecule has 164 valence electrons. The maximum atomic E-state index is 13.1. The summed E-state index contributed by atoms with van der Waals surface area (Å²) in [4.78, 5) is 34.9. The van der Waals surface area contributed by atoms with Gasteiger partial charge in [-0.2, -0.15) is 4.98 Å². The van der Waals surface area contributed by atoms with Crippen molar-refractivity contribution in [2.24, 2.45) is 5.92 Å². The first kappa shape index (κ1) is 21.0. The van der Waals surface area contributed by atoms with Crippen molar-refractivity contribution in [1.29, 1.82) is 0 Å². The quantitative estimate of drug-likeness (QED) is 0.760. The normalized spacial score (nSPS) is 23.5. The first-order chi connectivity index (χ1) is 15.0. The Hall–Kier alpha value is -3.23. The molecule has 1 aliphatic heterocycles. The second kappa shape index (κ2) is 9.28. The molecule has 8 nitrogen and oxygen atoms in total. The first-order valence-electron chi connectivity index (χ1n) is 10.4. The van der Waals surface area contributed by atoms with Crippen LogP contribution in [-0.4, -0.2) is 47.6 Å². The van der Waals surface area contributed by atoms with Gasteiger partial charge < -0.3 is 19.7 Å². The number of nitrogens with one attached hydrogen (secondary N) is 1. The van der Waals surface area contributed by atoms with Gasteiger partial charge in [0.05, 0.1) is 25.4 Å². The Balaban J connectivity index is 1.25. The van der Waals surface area contributed by atoms with Crippen molar-refractivity contribution in [3.05, 3.63) is 42.5 Å². The van der Waals surface area contributed by atoms with E-state index in [0.29, 0.717) is 24.0 Å². The van der Waals surface area contributed by atoms with Crippen molar-refractivity contribution in [1.82, 2.24) is 15.3 Å². The number of carbonyl (C=O) groups excluding carboxylic acids is 2. The van der Waals surface area contributed by atoms with Crippen molar-refractivity contribution in [3.8, 4) is 11.8 Å². The molecular weight excluding hydrogens is 403 g/mol. The SMILES string of the molecule is COc1cncc(OC2CCC(NC(=O)C3CC(=O)N(c4ccc(F)cc4)C3)CC2)n1. The molecule has 2 heterocycles. The van der Waals surface area contributed by atoms with Gasteiger partial charge in [-0.25, -0.2) is 4.39 Å². The Morgan fingerprint density at radius 3 is 2.55 bits per heavy atom. The third kappa shape index (κ3) is 5.10. The summed E-state index contributed by atoms with van der Waals surface area (Å²) < 4.78 is 24.1. The molecule has 0 bridgehead atoms. The number of benzene rings is 1. The fourth-order valence-electron chi connectivity index (χ4n) is 4.05. The fourth-order valence-corrected chi connectivity index (χ4v) is 4.05. The van der Waals surface area contributed by atoms with Gasteiger partial charge in [0.25, 0.3) is 0 Å². The van der Waals surface area contributed by atoms with Crippen molar-refractivity contribution in [2.45, 2.75) is 44.2 Å². The van der Waals surface area contributed by atoms with Crippen LogP contribution >= 0.6 is 0 Å². The Morgan fingerprint density at radius 1 is 1.13 bits per heavy atom. The van der Waals surface area contributed by atoms with Crippen LogP contribution in [0, 0.1) is 11.7 Å². The number of hydrogen-bond donors (Lipinski definition) is 1. The highest BCUT2D eigenvalue weighted by Gasteiger charge is 2.36. The molecule has 1 aromatic heterocycles. The van der Waals surface area contributed by atoms with Crippen LogP contribution in [0.2, 0.25) is 0 Å². The number of halogens is 1. The van der Waals surface area contributed by atoms with Crippen LogP contribution in [0.4, 0.5) is 10.1 Å². The van der Waals surface area contributed by atoms with Crippen molar-refractivity contribution < 1.29 is 23.5 Å². The van der Waals surface area contributed by atoms with E-state index in [0.717, 1.165) is 25.7 Å². The third-order valence-electron chi connectivity index (χ3n) is 5.74. The number of nitrogens with zero attached hydrogens (tertiary/aromatic N) is 3. The second-order valence-corrected chi connectivity index (χ2v) is 7.88. The summed E-state index contributed by atoms with van der Waals surface area (Å²) in [7, 11) is 1.53. The molecule has 2 fully saturated rings. The lowest BCUT2D eigenvalue weighted by Crippen LogP contribution is -2.43. The topological polar surface area (TPSA) is 93.7 Å². The molecular formula is C22H25FN4O4. The van der Waals surface area contributed by atoms with E-state index in [1.54, 1.807) is 23.2 Å². The van der Waals surface area contributed by atoms with Crippen LogP contribution in [0.15, 0.2) is 36.7 Å². The molecule has 2 amide bonds. The average molecular weight is 428 g/mol. The summed E-state index contributed by atoms with van der Waals surface area (Å²) in [5.74, 6) is -0.165. The summed E-state index contributed by atoms with van der Waals surface area (Å²) >= 11 is 0. The van der Waals surface area contributed by atoms with Crippen molar-refractivity contribution in [2.75, 3.05) is 18.6 Å². The van der Waals surface area contributed by atoms with Gasteiger partial charge in [0.2, 0.25) is 23.6 Å². The van der Waals surface area contributed by atoms with Crippen LogP contribution in [0.3, 0.4) is 0 Å². The zero-order valence-corrected chi connectivity index (χ0v) is 17.3. The van der Waals surface area contributed by atoms with Crippen LogP contribution in [0.25, 0.3) is 0 Å². The number of methoxy groups -OCH3 is 1. The Labute approximate surface area is 179 Å². The van der Waals surface area contributed by atoms with Gasteiger partial charge in [0, 0.05) is 24.7 Å². The van der Waals surface area contributed by atoms with Gasteiger partial charge in [-0.05, 0) is 49.9 Å². The van der Waals surface area contributed by atoms with E-state index in [1.165, 1.54) is 25.4 Å². The predicted molar refractivity (Wildman–Crippen MR) is 110 cm³/mol. The Morgan fingerprint density at radius 2 is 1.84 bits per heavy atom. The van der Waals surface area contributed by atoms with E-state index < -0.39 is 5.92 Å². The fraction of sp³-hybridized carbons (Fsp3) is 0.455. The van der Waals surface area contributed by atoms with Crippen LogP contribution in [-0.2, 0) is 9.59 Å². The minimum atomic E-state index is -0.404. The molecule has 0 radical (unpaired) electrons. The second-order valence-electron chi connectivity index (χ2n) is 7.88. The monoisotopic (exact) mass is 428 g/mol. The summed E-state index contributed by atoms with van der Waals surface area (Å²) in [6.45, 7) is 0.309. The van der Waals surface area contributed by atoms with Crippen LogP contribution in [0.5, 0.6) is 11.8 Å². The molecule has 2 aliphatic rings. The summed E-state index contributed by atoms with van der Waals surface area (Å²) in [5.41, 5.74) is 0.611. The lowest BCUT2D eigenvalue weighted by Gasteiger charge is -2.29. The maximum absolute atomic E-state index is 13.1. The van der Waals surface area contributed by atoms with Gasteiger partial charge in [0.15, 0.2) is 0 Å². The molecule has 1 atom stereocenters. The highest BCUT2D eigenvalue weighted by molar-refractivity contribution is 6.00. The molecule has 1 saturated carbocycles. The van der Waals surface area contributed by atoms with Gasteiger partial charge in [0.1, 0.15) is 11.9 Å².